The zero-order valence-electron chi connectivity index (χ0n) is 13.2. The summed E-state index contributed by atoms with van der Waals surface area (Å²) in [5.74, 6) is 0.679. The van der Waals surface area contributed by atoms with E-state index in [1.807, 2.05) is 19.3 Å². The summed E-state index contributed by atoms with van der Waals surface area (Å²) in [5.41, 5.74) is 1.26. The highest BCUT2D eigenvalue weighted by molar-refractivity contribution is 5.70. The van der Waals surface area contributed by atoms with E-state index in [4.69, 9.17) is 5.11 Å². The molecule has 0 unspecified atom stereocenters. The van der Waals surface area contributed by atoms with Crippen molar-refractivity contribution < 1.29 is 9.90 Å². The van der Waals surface area contributed by atoms with Gasteiger partial charge in [0.25, 0.3) is 0 Å². The summed E-state index contributed by atoms with van der Waals surface area (Å²) in [7, 11) is 0. The van der Waals surface area contributed by atoms with Gasteiger partial charge in [0, 0.05) is 18.4 Å². The average molecular weight is 303 g/mol. The smallest absolute Gasteiger partial charge is 0.306 e. The van der Waals surface area contributed by atoms with Crippen LogP contribution < -0.4 is 0 Å². The monoisotopic (exact) mass is 303 g/mol. The highest BCUT2D eigenvalue weighted by Gasteiger charge is 2.31. The summed E-state index contributed by atoms with van der Waals surface area (Å²) < 4.78 is 0. The lowest BCUT2D eigenvalue weighted by molar-refractivity contribution is -0.143. The standard InChI is InChI=1S/C17H25N3O2/c1-12-18-10-15(11-19-12)13-6-8-20(9-7-13)16-4-2-14(3-5-16)17(21)22/h10-11,13-14,16H,2-9H2,1H3,(H,21,22). The highest BCUT2D eigenvalue weighted by Crippen LogP contribution is 2.33. The number of aromatic nitrogens is 2. The predicted octanol–water partition coefficient (Wildman–Crippen LogP) is 2.61. The Labute approximate surface area is 131 Å². The Hall–Kier alpha value is -1.49. The van der Waals surface area contributed by atoms with Crippen molar-refractivity contribution in [3.05, 3.63) is 23.8 Å². The maximum absolute atomic E-state index is 11.0. The molecular formula is C17H25N3O2. The van der Waals surface area contributed by atoms with E-state index >= 15 is 0 Å². The number of hydrogen-bond acceptors (Lipinski definition) is 4. The van der Waals surface area contributed by atoms with Crippen molar-refractivity contribution in [2.45, 2.75) is 57.4 Å². The molecule has 0 amide bonds. The van der Waals surface area contributed by atoms with E-state index in [1.54, 1.807) is 0 Å². The van der Waals surface area contributed by atoms with Gasteiger partial charge >= 0.3 is 5.97 Å². The summed E-state index contributed by atoms with van der Waals surface area (Å²) in [5, 5.41) is 9.09. The average Bonchev–Trinajstić information content (AvgIpc) is 2.56. The van der Waals surface area contributed by atoms with Gasteiger partial charge < -0.3 is 10.0 Å². The summed E-state index contributed by atoms with van der Waals surface area (Å²) in [6.45, 7) is 4.14. The molecular weight excluding hydrogens is 278 g/mol. The summed E-state index contributed by atoms with van der Waals surface area (Å²) >= 11 is 0. The van der Waals surface area contributed by atoms with Gasteiger partial charge in [0.05, 0.1) is 5.92 Å². The summed E-state index contributed by atoms with van der Waals surface area (Å²) in [6.07, 6.45) is 10.0. The Kier molecular flexibility index (Phi) is 4.71. The second-order valence-corrected chi connectivity index (χ2v) is 6.72. The molecule has 1 aromatic heterocycles. The number of nitrogens with zero attached hydrogens (tertiary/aromatic N) is 3. The first-order chi connectivity index (χ1) is 10.6. The van der Waals surface area contributed by atoms with E-state index in [-0.39, 0.29) is 5.92 Å². The van der Waals surface area contributed by atoms with Crippen LogP contribution in [-0.2, 0) is 4.79 Å². The molecule has 2 heterocycles. The Bertz CT molecular complexity index is 501. The van der Waals surface area contributed by atoms with Crippen LogP contribution in [0, 0.1) is 12.8 Å². The van der Waals surface area contributed by atoms with Crippen LogP contribution in [0.3, 0.4) is 0 Å². The minimum absolute atomic E-state index is 0.113. The van der Waals surface area contributed by atoms with Crippen molar-refractivity contribution in [3.8, 4) is 0 Å². The van der Waals surface area contributed by atoms with E-state index in [2.05, 4.69) is 14.9 Å². The third kappa shape index (κ3) is 3.46. The van der Waals surface area contributed by atoms with Crippen LogP contribution in [0.1, 0.15) is 55.8 Å². The molecule has 120 valence electrons. The Morgan fingerprint density at radius 1 is 1.09 bits per heavy atom. The number of aliphatic carboxylic acids is 1. The normalized spacial score (nSPS) is 27.7. The molecule has 2 fully saturated rings. The number of carbonyl (C=O) groups is 1. The zero-order chi connectivity index (χ0) is 15.5. The Morgan fingerprint density at radius 2 is 1.68 bits per heavy atom. The molecule has 2 aliphatic rings. The van der Waals surface area contributed by atoms with Crippen LogP contribution in [0.4, 0.5) is 0 Å². The van der Waals surface area contributed by atoms with E-state index in [0.29, 0.717) is 12.0 Å². The van der Waals surface area contributed by atoms with Crippen LogP contribution in [0.25, 0.3) is 0 Å². The summed E-state index contributed by atoms with van der Waals surface area (Å²) in [4.78, 5) is 22.2. The van der Waals surface area contributed by atoms with E-state index < -0.39 is 5.97 Å². The first kappa shape index (κ1) is 15.4. The van der Waals surface area contributed by atoms with Crippen molar-refractivity contribution in [1.82, 2.24) is 14.9 Å². The van der Waals surface area contributed by atoms with Gasteiger partial charge in [-0.2, -0.15) is 0 Å². The van der Waals surface area contributed by atoms with Crippen molar-refractivity contribution >= 4 is 5.97 Å². The number of piperidine rings is 1. The van der Waals surface area contributed by atoms with Crippen LogP contribution in [-0.4, -0.2) is 45.1 Å². The first-order valence-corrected chi connectivity index (χ1v) is 8.39. The van der Waals surface area contributed by atoms with Crippen LogP contribution in [0.5, 0.6) is 0 Å². The second-order valence-electron chi connectivity index (χ2n) is 6.72. The lowest BCUT2D eigenvalue weighted by atomic mass is 9.83. The van der Waals surface area contributed by atoms with E-state index in [0.717, 1.165) is 57.4 Å². The van der Waals surface area contributed by atoms with Crippen molar-refractivity contribution in [1.29, 1.82) is 0 Å². The third-order valence-corrected chi connectivity index (χ3v) is 5.36. The van der Waals surface area contributed by atoms with Gasteiger partial charge in [-0.3, -0.25) is 4.79 Å². The molecule has 0 aromatic carbocycles. The van der Waals surface area contributed by atoms with Gasteiger partial charge in [0.1, 0.15) is 5.82 Å². The number of rotatable bonds is 3. The molecule has 5 heteroatoms. The Morgan fingerprint density at radius 3 is 2.23 bits per heavy atom. The van der Waals surface area contributed by atoms with Gasteiger partial charge in [-0.15, -0.1) is 0 Å². The molecule has 22 heavy (non-hydrogen) atoms. The SMILES string of the molecule is Cc1ncc(C2CCN(C3CCC(C(=O)O)CC3)CC2)cn1. The Balaban J connectivity index is 1.50. The molecule has 0 spiro atoms. The maximum atomic E-state index is 11.0. The quantitative estimate of drug-likeness (QED) is 0.929. The minimum Gasteiger partial charge on any atom is -0.481 e. The number of carboxylic acid groups (broad SMARTS) is 1. The van der Waals surface area contributed by atoms with Gasteiger partial charge in [0.15, 0.2) is 0 Å². The van der Waals surface area contributed by atoms with Crippen LogP contribution >= 0.6 is 0 Å². The van der Waals surface area contributed by atoms with Crippen LogP contribution in [0.15, 0.2) is 12.4 Å². The molecule has 1 saturated heterocycles. The molecule has 1 aliphatic heterocycles. The molecule has 0 atom stereocenters. The molecule has 1 N–H and O–H groups in total. The van der Waals surface area contributed by atoms with Crippen molar-refractivity contribution in [2.24, 2.45) is 5.92 Å². The maximum Gasteiger partial charge on any atom is 0.306 e. The molecule has 1 aromatic rings. The number of likely N-dealkylation sites (tertiary alicyclic amines) is 1. The zero-order valence-corrected chi connectivity index (χ0v) is 13.2. The largest absolute Gasteiger partial charge is 0.481 e. The topological polar surface area (TPSA) is 66.3 Å². The molecule has 3 rings (SSSR count). The predicted molar refractivity (Wildman–Crippen MR) is 83.7 cm³/mol. The van der Waals surface area contributed by atoms with Gasteiger partial charge in [-0.1, -0.05) is 0 Å². The van der Waals surface area contributed by atoms with Crippen LogP contribution in [0.2, 0.25) is 0 Å². The van der Waals surface area contributed by atoms with Gasteiger partial charge in [0.2, 0.25) is 0 Å². The fourth-order valence-corrected chi connectivity index (χ4v) is 3.90. The fraction of sp³-hybridized carbons (Fsp3) is 0.706. The molecule has 1 saturated carbocycles. The second kappa shape index (κ2) is 6.73. The lowest BCUT2D eigenvalue weighted by Gasteiger charge is -2.40. The lowest BCUT2D eigenvalue weighted by Crippen LogP contribution is -2.43. The molecule has 0 bridgehead atoms. The number of aryl methyl sites for hydroxylation is 1. The number of carboxylic acids is 1. The van der Waals surface area contributed by atoms with Crippen molar-refractivity contribution in [3.63, 3.8) is 0 Å². The van der Waals surface area contributed by atoms with E-state index in [9.17, 15) is 4.79 Å². The first-order valence-electron chi connectivity index (χ1n) is 8.39. The van der Waals surface area contributed by atoms with Gasteiger partial charge in [-0.25, -0.2) is 9.97 Å². The van der Waals surface area contributed by atoms with Crippen molar-refractivity contribution in [2.75, 3.05) is 13.1 Å². The molecule has 5 nitrogen and oxygen atoms in total. The summed E-state index contributed by atoms with van der Waals surface area (Å²) in [6, 6.07) is 0.589. The highest BCUT2D eigenvalue weighted by atomic mass is 16.4. The third-order valence-electron chi connectivity index (χ3n) is 5.36. The van der Waals surface area contributed by atoms with E-state index in [1.165, 1.54) is 5.56 Å². The molecule has 1 aliphatic carbocycles. The minimum atomic E-state index is -0.614. The molecule has 0 radical (unpaired) electrons. The fourth-order valence-electron chi connectivity index (χ4n) is 3.90. The van der Waals surface area contributed by atoms with Gasteiger partial charge in [-0.05, 0) is 70.0 Å². The number of hydrogen-bond donors (Lipinski definition) is 1.